The topological polar surface area (TPSA) is 73.9 Å². The van der Waals surface area contributed by atoms with Crippen LogP contribution in [0.1, 0.15) is 43.7 Å². The highest BCUT2D eigenvalue weighted by molar-refractivity contribution is 7.20. The third-order valence-electron chi connectivity index (χ3n) is 4.67. The van der Waals surface area contributed by atoms with E-state index in [9.17, 15) is 10.2 Å². The molecule has 4 rings (SSSR count). The molecule has 0 radical (unpaired) electrons. The van der Waals surface area contributed by atoms with Crippen molar-refractivity contribution in [1.82, 2.24) is 14.6 Å². The zero-order chi connectivity index (χ0) is 14.4. The fourth-order valence-electron chi connectivity index (χ4n) is 3.54. The van der Waals surface area contributed by atoms with Gasteiger partial charge in [-0.3, -0.25) is 0 Å². The number of rotatable bonds is 3. The van der Waals surface area contributed by atoms with Crippen molar-refractivity contribution in [2.75, 3.05) is 18.1 Å². The summed E-state index contributed by atoms with van der Waals surface area (Å²) in [5.41, 5.74) is 1.16. The number of nitrogens with zero attached hydrogens (tertiary/aromatic N) is 4. The molecule has 6 nitrogen and oxygen atoms in total. The van der Waals surface area contributed by atoms with E-state index in [-0.39, 0.29) is 18.8 Å². The standard InChI is InChI=1S/C14H20N4O2S/c19-8-10-5-11(20)6-17(10)14-16-18-7-12(15-13(18)21-14)9-3-1-2-4-9/h7,9-11,19-20H,1-6,8H2/t10-,11-/m0/s1. The molecule has 0 aromatic carbocycles. The monoisotopic (exact) mass is 308 g/mol. The number of aliphatic hydroxyl groups excluding tert-OH is 2. The molecule has 1 aliphatic heterocycles. The van der Waals surface area contributed by atoms with Gasteiger partial charge in [-0.2, -0.15) is 0 Å². The van der Waals surface area contributed by atoms with E-state index < -0.39 is 0 Å². The van der Waals surface area contributed by atoms with Crippen molar-refractivity contribution in [3.8, 4) is 0 Å². The third kappa shape index (κ3) is 2.33. The molecule has 0 unspecified atom stereocenters. The Morgan fingerprint density at radius 1 is 1.33 bits per heavy atom. The Bertz CT molecular complexity index is 602. The van der Waals surface area contributed by atoms with Crippen molar-refractivity contribution >= 4 is 21.4 Å². The molecule has 0 bridgehead atoms. The van der Waals surface area contributed by atoms with Crippen LogP contribution in [0.2, 0.25) is 0 Å². The van der Waals surface area contributed by atoms with Crippen LogP contribution in [0.5, 0.6) is 0 Å². The second kappa shape index (κ2) is 5.23. The average molecular weight is 308 g/mol. The van der Waals surface area contributed by atoms with Crippen molar-refractivity contribution in [3.63, 3.8) is 0 Å². The van der Waals surface area contributed by atoms with Crippen molar-refractivity contribution in [2.45, 2.75) is 50.2 Å². The summed E-state index contributed by atoms with van der Waals surface area (Å²) in [7, 11) is 0. The van der Waals surface area contributed by atoms with E-state index in [2.05, 4.69) is 5.10 Å². The Hall–Kier alpha value is -1.18. The lowest BCUT2D eigenvalue weighted by atomic mass is 10.1. The molecular weight excluding hydrogens is 288 g/mol. The van der Waals surface area contributed by atoms with Crippen LogP contribution < -0.4 is 4.90 Å². The van der Waals surface area contributed by atoms with Crippen molar-refractivity contribution < 1.29 is 10.2 Å². The molecule has 2 fully saturated rings. The lowest BCUT2D eigenvalue weighted by molar-refractivity contribution is 0.184. The summed E-state index contributed by atoms with van der Waals surface area (Å²) in [6, 6.07) is -0.0369. The summed E-state index contributed by atoms with van der Waals surface area (Å²) in [5, 5.41) is 24.6. The number of anilines is 1. The van der Waals surface area contributed by atoms with E-state index in [4.69, 9.17) is 4.98 Å². The summed E-state index contributed by atoms with van der Waals surface area (Å²) in [6.45, 7) is 0.587. The van der Waals surface area contributed by atoms with E-state index in [0.29, 0.717) is 18.9 Å². The number of aromatic nitrogens is 3. The minimum atomic E-state index is -0.382. The second-order valence-electron chi connectivity index (χ2n) is 6.14. The Morgan fingerprint density at radius 3 is 2.86 bits per heavy atom. The molecule has 1 saturated heterocycles. The summed E-state index contributed by atoms with van der Waals surface area (Å²) < 4.78 is 1.85. The van der Waals surface area contributed by atoms with Gasteiger partial charge in [0.05, 0.1) is 30.6 Å². The average Bonchev–Trinajstić information content (AvgIpc) is 3.19. The predicted molar refractivity (Wildman–Crippen MR) is 80.9 cm³/mol. The van der Waals surface area contributed by atoms with E-state index in [1.54, 1.807) is 0 Å². The van der Waals surface area contributed by atoms with Crippen LogP contribution in [0.25, 0.3) is 4.96 Å². The predicted octanol–water partition coefficient (Wildman–Crippen LogP) is 1.38. The van der Waals surface area contributed by atoms with E-state index in [1.165, 1.54) is 37.0 Å². The first-order valence-corrected chi connectivity index (χ1v) is 8.48. The van der Waals surface area contributed by atoms with Gasteiger partial charge in [-0.25, -0.2) is 9.50 Å². The lowest BCUT2D eigenvalue weighted by Gasteiger charge is -2.20. The van der Waals surface area contributed by atoms with Crippen LogP contribution >= 0.6 is 11.3 Å². The van der Waals surface area contributed by atoms with Crippen LogP contribution in [-0.4, -0.2) is 50.1 Å². The van der Waals surface area contributed by atoms with Gasteiger partial charge in [0.15, 0.2) is 0 Å². The van der Waals surface area contributed by atoms with Gasteiger partial charge in [0.25, 0.3) is 0 Å². The Morgan fingerprint density at radius 2 is 2.14 bits per heavy atom. The lowest BCUT2D eigenvalue weighted by Crippen LogP contribution is -2.32. The number of imidazole rings is 1. The molecule has 0 spiro atoms. The van der Waals surface area contributed by atoms with E-state index in [1.807, 2.05) is 15.6 Å². The highest BCUT2D eigenvalue weighted by Crippen LogP contribution is 2.35. The number of fused-ring (bicyclic) bond motifs is 1. The number of hydrogen-bond acceptors (Lipinski definition) is 6. The van der Waals surface area contributed by atoms with Gasteiger partial charge in [-0.15, -0.1) is 5.10 Å². The molecule has 2 atom stereocenters. The summed E-state index contributed by atoms with van der Waals surface area (Å²) in [6.07, 6.45) is 7.35. The fourth-order valence-corrected chi connectivity index (χ4v) is 4.51. The molecule has 21 heavy (non-hydrogen) atoms. The molecule has 114 valence electrons. The summed E-state index contributed by atoms with van der Waals surface area (Å²) in [5.74, 6) is 0.598. The van der Waals surface area contributed by atoms with Crippen LogP contribution in [-0.2, 0) is 0 Å². The highest BCUT2D eigenvalue weighted by atomic mass is 32.1. The molecule has 1 aliphatic carbocycles. The van der Waals surface area contributed by atoms with Crippen LogP contribution in [0.3, 0.4) is 0 Å². The van der Waals surface area contributed by atoms with Gasteiger partial charge in [0, 0.05) is 12.5 Å². The van der Waals surface area contributed by atoms with Gasteiger partial charge >= 0.3 is 0 Å². The largest absolute Gasteiger partial charge is 0.394 e. The molecule has 2 aliphatic rings. The highest BCUT2D eigenvalue weighted by Gasteiger charge is 2.33. The van der Waals surface area contributed by atoms with Gasteiger partial charge in [-0.05, 0) is 19.3 Å². The molecule has 0 amide bonds. The fraction of sp³-hybridized carbons (Fsp3) is 0.714. The van der Waals surface area contributed by atoms with Gasteiger partial charge in [0.2, 0.25) is 10.1 Å². The Kier molecular flexibility index (Phi) is 3.35. The van der Waals surface area contributed by atoms with E-state index >= 15 is 0 Å². The number of hydrogen-bond donors (Lipinski definition) is 2. The first kappa shape index (κ1) is 13.5. The molecular formula is C14H20N4O2S. The third-order valence-corrected chi connectivity index (χ3v) is 5.63. The molecule has 7 heteroatoms. The quantitative estimate of drug-likeness (QED) is 0.896. The normalized spacial score (nSPS) is 27.2. The second-order valence-corrected chi connectivity index (χ2v) is 7.07. The van der Waals surface area contributed by atoms with Gasteiger partial charge in [0.1, 0.15) is 0 Å². The van der Waals surface area contributed by atoms with Crippen LogP contribution in [0.4, 0.5) is 5.13 Å². The number of β-amino-alcohol motifs (C(OH)–C–C–N with tert-alkyl or cyclic N) is 1. The summed E-state index contributed by atoms with van der Waals surface area (Å²) in [4.78, 5) is 7.63. The molecule has 1 saturated carbocycles. The smallest absolute Gasteiger partial charge is 0.214 e. The zero-order valence-corrected chi connectivity index (χ0v) is 12.7. The molecule has 2 aromatic heterocycles. The van der Waals surface area contributed by atoms with Crippen molar-refractivity contribution in [2.24, 2.45) is 0 Å². The van der Waals surface area contributed by atoms with Crippen LogP contribution in [0, 0.1) is 0 Å². The minimum Gasteiger partial charge on any atom is -0.394 e. The number of aliphatic hydroxyl groups is 2. The maximum Gasteiger partial charge on any atom is 0.214 e. The molecule has 2 aromatic rings. The first-order valence-electron chi connectivity index (χ1n) is 7.66. The Labute approximate surface area is 127 Å². The first-order chi connectivity index (χ1) is 10.2. The van der Waals surface area contributed by atoms with Crippen molar-refractivity contribution in [3.05, 3.63) is 11.9 Å². The summed E-state index contributed by atoms with van der Waals surface area (Å²) >= 11 is 1.54. The zero-order valence-electron chi connectivity index (χ0n) is 11.9. The van der Waals surface area contributed by atoms with E-state index in [0.717, 1.165) is 15.8 Å². The van der Waals surface area contributed by atoms with Gasteiger partial charge < -0.3 is 15.1 Å². The Balaban J connectivity index is 1.61. The molecule has 3 heterocycles. The minimum absolute atomic E-state index is 0.0369. The SMILES string of the molecule is OC[C@@H]1C[C@H](O)CN1c1nn2cc(C3CCCC3)nc2s1. The maximum atomic E-state index is 9.78. The maximum absolute atomic E-state index is 9.78. The van der Waals surface area contributed by atoms with Gasteiger partial charge in [-0.1, -0.05) is 24.2 Å². The van der Waals surface area contributed by atoms with Crippen molar-refractivity contribution in [1.29, 1.82) is 0 Å². The van der Waals surface area contributed by atoms with Crippen LogP contribution in [0.15, 0.2) is 6.20 Å². The molecule has 2 N–H and O–H groups in total.